The molecule has 1 aromatic rings. The van der Waals surface area contributed by atoms with Crippen LogP contribution < -0.4 is 5.32 Å². The number of methoxy groups -OCH3 is 1. The molecule has 1 heterocycles. The van der Waals surface area contributed by atoms with Gasteiger partial charge in [-0.05, 0) is 6.42 Å². The van der Waals surface area contributed by atoms with Crippen molar-refractivity contribution in [2.75, 3.05) is 26.8 Å². The Hall–Kier alpha value is -2.09. The first-order valence-electron chi connectivity index (χ1n) is 6.33. The molecule has 0 radical (unpaired) electrons. The minimum absolute atomic E-state index is 0.212. The van der Waals surface area contributed by atoms with Crippen molar-refractivity contribution in [3.05, 3.63) is 18.2 Å². The van der Waals surface area contributed by atoms with Gasteiger partial charge in [-0.2, -0.15) is 0 Å². The second kappa shape index (κ2) is 8.16. The predicted octanol–water partition coefficient (Wildman–Crippen LogP) is 0.603. The molecule has 0 aliphatic rings. The normalized spacial score (nSPS) is 11.9. The Bertz CT molecular complexity index is 421. The smallest absolute Gasteiger partial charge is 0.323 e. The van der Waals surface area contributed by atoms with Gasteiger partial charge in [-0.15, -0.1) is 0 Å². The van der Waals surface area contributed by atoms with Crippen molar-refractivity contribution in [3.63, 3.8) is 0 Å². The monoisotopic (exact) mass is 284 g/mol. The lowest BCUT2D eigenvalue weighted by atomic mass is 10.2. The van der Waals surface area contributed by atoms with Crippen LogP contribution in [0.3, 0.4) is 0 Å². The molecule has 0 aliphatic carbocycles. The third-order valence-electron chi connectivity index (χ3n) is 2.73. The number of carboxylic acids is 1. The number of carbonyl (C=O) groups excluding carboxylic acids is 1. The number of carboxylic acid groups (broad SMARTS) is 1. The van der Waals surface area contributed by atoms with Crippen molar-refractivity contribution < 1.29 is 19.4 Å². The number of aromatic amines is 1. The van der Waals surface area contributed by atoms with Crippen molar-refractivity contribution in [1.29, 1.82) is 0 Å². The summed E-state index contributed by atoms with van der Waals surface area (Å²) in [6.07, 6.45) is 3.92. The highest BCUT2D eigenvalue weighted by Crippen LogP contribution is 2.11. The Morgan fingerprint density at radius 2 is 2.35 bits per heavy atom. The summed E-state index contributed by atoms with van der Waals surface area (Å²) in [6.45, 7) is 2.02. The fourth-order valence-electron chi connectivity index (χ4n) is 1.69. The molecule has 1 aromatic heterocycles. The summed E-state index contributed by atoms with van der Waals surface area (Å²) in [5.74, 6) is -0.426. The zero-order valence-corrected chi connectivity index (χ0v) is 11.6. The van der Waals surface area contributed by atoms with Gasteiger partial charge in [0.1, 0.15) is 12.4 Å². The molecule has 0 saturated heterocycles. The number of H-pyrrole nitrogens is 1. The van der Waals surface area contributed by atoms with E-state index in [0.29, 0.717) is 12.2 Å². The van der Waals surface area contributed by atoms with Crippen molar-refractivity contribution >= 4 is 12.0 Å². The summed E-state index contributed by atoms with van der Waals surface area (Å²) >= 11 is 0. The Kier molecular flexibility index (Phi) is 6.51. The molecule has 1 atom stereocenters. The molecule has 8 nitrogen and oxygen atoms in total. The molecule has 3 N–H and O–H groups in total. The summed E-state index contributed by atoms with van der Waals surface area (Å²) in [5.41, 5.74) is 0. The number of hydrogen-bond acceptors (Lipinski definition) is 4. The molecule has 2 amide bonds. The summed E-state index contributed by atoms with van der Waals surface area (Å²) in [4.78, 5) is 31.1. The van der Waals surface area contributed by atoms with E-state index < -0.39 is 12.0 Å². The van der Waals surface area contributed by atoms with Crippen molar-refractivity contribution in [1.82, 2.24) is 20.2 Å². The first-order valence-corrected chi connectivity index (χ1v) is 6.33. The summed E-state index contributed by atoms with van der Waals surface area (Å²) in [6, 6.07) is -0.732. The van der Waals surface area contributed by atoms with E-state index in [1.165, 1.54) is 12.0 Å². The third-order valence-corrected chi connectivity index (χ3v) is 2.73. The fourth-order valence-corrected chi connectivity index (χ4v) is 1.69. The standard InChI is InChI=1S/C12H20N4O4/c1-3-9(11-13-4-5-14-11)15-12(19)16(6-7-20-2)8-10(17)18/h4-5,9H,3,6-8H2,1-2H3,(H,13,14)(H,15,19)(H,17,18). The van der Waals surface area contributed by atoms with Crippen LogP contribution in [-0.4, -0.2) is 58.8 Å². The maximum absolute atomic E-state index is 12.1. The van der Waals surface area contributed by atoms with E-state index in [9.17, 15) is 9.59 Å². The molecule has 0 saturated carbocycles. The van der Waals surface area contributed by atoms with E-state index in [4.69, 9.17) is 9.84 Å². The minimum atomic E-state index is -1.07. The highest BCUT2D eigenvalue weighted by Gasteiger charge is 2.21. The molecule has 8 heteroatoms. The Morgan fingerprint density at radius 3 is 2.85 bits per heavy atom. The Morgan fingerprint density at radius 1 is 1.60 bits per heavy atom. The van der Waals surface area contributed by atoms with E-state index in [1.54, 1.807) is 12.4 Å². The van der Waals surface area contributed by atoms with Gasteiger partial charge in [0, 0.05) is 26.0 Å². The van der Waals surface area contributed by atoms with Crippen LogP contribution in [0.15, 0.2) is 12.4 Å². The Labute approximate surface area is 117 Å². The average Bonchev–Trinajstić information content (AvgIpc) is 2.93. The van der Waals surface area contributed by atoms with Gasteiger partial charge in [0.15, 0.2) is 0 Å². The summed E-state index contributed by atoms with van der Waals surface area (Å²) in [5, 5.41) is 11.6. The number of imidazole rings is 1. The molecule has 0 spiro atoms. The molecule has 20 heavy (non-hydrogen) atoms. The van der Waals surface area contributed by atoms with Gasteiger partial charge in [0.05, 0.1) is 12.6 Å². The van der Waals surface area contributed by atoms with Crippen LogP contribution in [0.1, 0.15) is 25.2 Å². The lowest BCUT2D eigenvalue weighted by molar-refractivity contribution is -0.137. The maximum atomic E-state index is 12.1. The summed E-state index contributed by atoms with van der Waals surface area (Å²) in [7, 11) is 1.49. The SMILES string of the molecule is CCC(NC(=O)N(CCOC)CC(=O)O)c1ncc[nH]1. The fraction of sp³-hybridized carbons (Fsp3) is 0.583. The number of aliphatic carboxylic acids is 1. The number of carbonyl (C=O) groups is 2. The topological polar surface area (TPSA) is 108 Å². The van der Waals surface area contributed by atoms with Gasteiger partial charge in [0.2, 0.25) is 0 Å². The number of amides is 2. The van der Waals surface area contributed by atoms with Crippen LogP contribution in [0, 0.1) is 0 Å². The lowest BCUT2D eigenvalue weighted by Gasteiger charge is -2.23. The van der Waals surface area contributed by atoms with E-state index in [-0.39, 0.29) is 25.7 Å². The molecule has 1 rings (SSSR count). The van der Waals surface area contributed by atoms with Gasteiger partial charge < -0.3 is 25.0 Å². The van der Waals surface area contributed by atoms with Crippen LogP contribution in [0.25, 0.3) is 0 Å². The largest absolute Gasteiger partial charge is 0.480 e. The molecular weight excluding hydrogens is 264 g/mol. The molecule has 0 aromatic carbocycles. The number of rotatable bonds is 8. The highest BCUT2D eigenvalue weighted by molar-refractivity contribution is 5.80. The highest BCUT2D eigenvalue weighted by atomic mass is 16.5. The van der Waals surface area contributed by atoms with E-state index >= 15 is 0 Å². The van der Waals surface area contributed by atoms with Gasteiger partial charge in [-0.3, -0.25) is 4.79 Å². The van der Waals surface area contributed by atoms with Crippen LogP contribution in [0.5, 0.6) is 0 Å². The second-order valence-corrected chi connectivity index (χ2v) is 4.19. The molecule has 1 unspecified atom stereocenters. The van der Waals surface area contributed by atoms with Gasteiger partial charge in [-0.1, -0.05) is 6.92 Å². The molecule has 112 valence electrons. The maximum Gasteiger partial charge on any atom is 0.323 e. The van der Waals surface area contributed by atoms with Crippen molar-refractivity contribution in [3.8, 4) is 0 Å². The Balaban J connectivity index is 2.65. The van der Waals surface area contributed by atoms with Crippen LogP contribution >= 0.6 is 0 Å². The lowest BCUT2D eigenvalue weighted by Crippen LogP contribution is -2.45. The number of nitrogens with zero attached hydrogens (tertiary/aromatic N) is 2. The van der Waals surface area contributed by atoms with Crippen LogP contribution in [-0.2, 0) is 9.53 Å². The number of hydrogen-bond donors (Lipinski definition) is 3. The van der Waals surface area contributed by atoms with E-state index in [0.717, 1.165) is 0 Å². The van der Waals surface area contributed by atoms with Crippen molar-refractivity contribution in [2.24, 2.45) is 0 Å². The molecule has 0 aliphatic heterocycles. The van der Waals surface area contributed by atoms with Crippen LogP contribution in [0.4, 0.5) is 4.79 Å². The number of ether oxygens (including phenoxy) is 1. The summed E-state index contributed by atoms with van der Waals surface area (Å²) < 4.78 is 4.87. The van der Waals surface area contributed by atoms with Gasteiger partial charge in [0.25, 0.3) is 0 Å². The first-order chi connectivity index (χ1) is 9.58. The molecular formula is C12H20N4O4. The third kappa shape index (κ3) is 4.88. The number of nitrogens with one attached hydrogen (secondary N) is 2. The number of aromatic nitrogens is 2. The zero-order valence-electron chi connectivity index (χ0n) is 11.6. The van der Waals surface area contributed by atoms with Crippen molar-refractivity contribution in [2.45, 2.75) is 19.4 Å². The van der Waals surface area contributed by atoms with Crippen LogP contribution in [0.2, 0.25) is 0 Å². The second-order valence-electron chi connectivity index (χ2n) is 4.19. The van der Waals surface area contributed by atoms with E-state index in [2.05, 4.69) is 15.3 Å². The zero-order chi connectivity index (χ0) is 15.0. The number of urea groups is 1. The van der Waals surface area contributed by atoms with E-state index in [1.807, 2.05) is 6.92 Å². The first kappa shape index (κ1) is 16.0. The van der Waals surface area contributed by atoms with Gasteiger partial charge >= 0.3 is 12.0 Å². The average molecular weight is 284 g/mol. The predicted molar refractivity (Wildman–Crippen MR) is 71.2 cm³/mol. The molecule has 0 bridgehead atoms. The molecule has 0 fully saturated rings. The minimum Gasteiger partial charge on any atom is -0.480 e. The van der Waals surface area contributed by atoms with Gasteiger partial charge in [-0.25, -0.2) is 9.78 Å². The quantitative estimate of drug-likeness (QED) is 0.648.